The average molecular weight is 164 g/mol. The van der Waals surface area contributed by atoms with Crippen molar-refractivity contribution in [3.8, 4) is 0 Å². The van der Waals surface area contributed by atoms with E-state index < -0.39 is 0 Å². The van der Waals surface area contributed by atoms with Crippen molar-refractivity contribution in [1.29, 1.82) is 0 Å². The number of benzene rings is 1. The van der Waals surface area contributed by atoms with Crippen LogP contribution in [0.5, 0.6) is 0 Å². The fraction of sp³-hybridized carbons (Fsp3) is 0.200. The lowest BCUT2D eigenvalue weighted by atomic mass is 10.0. The van der Waals surface area contributed by atoms with E-state index in [0.29, 0.717) is 5.92 Å². The molecule has 1 rings (SSSR count). The van der Waals surface area contributed by atoms with E-state index in [1.165, 1.54) is 10.9 Å². The van der Waals surface area contributed by atoms with Crippen LogP contribution >= 0.6 is 9.24 Å². The minimum Gasteiger partial charge on any atom is -0.105 e. The van der Waals surface area contributed by atoms with Gasteiger partial charge < -0.3 is 0 Å². The summed E-state index contributed by atoms with van der Waals surface area (Å²) in [6, 6.07) is 8.33. The van der Waals surface area contributed by atoms with E-state index in [-0.39, 0.29) is 0 Å². The van der Waals surface area contributed by atoms with E-state index in [2.05, 4.69) is 40.9 Å². The standard InChI is InChI=1S/C10H13P/c1-3-8(2)9-6-4-5-7-10(9)11/h3-8H,1,11H2,2H3. The summed E-state index contributed by atoms with van der Waals surface area (Å²) < 4.78 is 0. The molecule has 0 nitrogen and oxygen atoms in total. The predicted molar refractivity (Wildman–Crippen MR) is 54.4 cm³/mol. The normalized spacial score (nSPS) is 12.5. The minimum atomic E-state index is 0.448. The molecule has 0 aromatic heterocycles. The second-order valence-corrected chi connectivity index (χ2v) is 3.28. The first-order valence-electron chi connectivity index (χ1n) is 3.72. The topological polar surface area (TPSA) is 0 Å². The Labute approximate surface area is 70.5 Å². The van der Waals surface area contributed by atoms with Gasteiger partial charge in [-0.3, -0.25) is 0 Å². The number of rotatable bonds is 2. The molecule has 0 radical (unpaired) electrons. The van der Waals surface area contributed by atoms with Crippen molar-refractivity contribution in [3.63, 3.8) is 0 Å². The third-order valence-corrected chi connectivity index (χ3v) is 2.37. The monoisotopic (exact) mass is 164 g/mol. The Balaban J connectivity index is 3.02. The zero-order chi connectivity index (χ0) is 8.27. The third kappa shape index (κ3) is 1.91. The lowest BCUT2D eigenvalue weighted by molar-refractivity contribution is 0.981. The summed E-state index contributed by atoms with van der Waals surface area (Å²) in [6.45, 7) is 5.92. The van der Waals surface area contributed by atoms with Crippen LogP contribution in [-0.2, 0) is 0 Å². The number of allylic oxidation sites excluding steroid dienone is 1. The number of hydrogen-bond acceptors (Lipinski definition) is 0. The Morgan fingerprint density at radius 2 is 2.09 bits per heavy atom. The van der Waals surface area contributed by atoms with Gasteiger partial charge in [-0.2, -0.15) is 0 Å². The van der Waals surface area contributed by atoms with Gasteiger partial charge in [-0.1, -0.05) is 37.3 Å². The lowest BCUT2D eigenvalue weighted by Gasteiger charge is -2.08. The molecule has 1 heteroatoms. The van der Waals surface area contributed by atoms with Crippen LogP contribution in [0, 0.1) is 0 Å². The summed E-state index contributed by atoms with van der Waals surface area (Å²) in [4.78, 5) is 0. The third-order valence-electron chi connectivity index (χ3n) is 1.84. The van der Waals surface area contributed by atoms with Crippen LogP contribution in [0.3, 0.4) is 0 Å². The molecule has 58 valence electrons. The van der Waals surface area contributed by atoms with E-state index >= 15 is 0 Å². The smallest absolute Gasteiger partial charge is 0.000698 e. The van der Waals surface area contributed by atoms with E-state index in [1.807, 2.05) is 12.1 Å². The van der Waals surface area contributed by atoms with Gasteiger partial charge in [0.15, 0.2) is 0 Å². The highest BCUT2D eigenvalue weighted by Gasteiger charge is 2.01. The van der Waals surface area contributed by atoms with Crippen LogP contribution in [0.2, 0.25) is 0 Å². The average Bonchev–Trinajstić information content (AvgIpc) is 2.04. The SMILES string of the molecule is C=CC(C)c1ccccc1P. The fourth-order valence-corrected chi connectivity index (χ4v) is 1.52. The van der Waals surface area contributed by atoms with Crippen molar-refractivity contribution >= 4 is 14.5 Å². The van der Waals surface area contributed by atoms with Crippen molar-refractivity contribution in [3.05, 3.63) is 42.5 Å². The molecule has 0 spiro atoms. The van der Waals surface area contributed by atoms with Crippen molar-refractivity contribution in [1.82, 2.24) is 0 Å². The Morgan fingerprint density at radius 1 is 1.45 bits per heavy atom. The Bertz CT molecular complexity index is 253. The Kier molecular flexibility index (Phi) is 2.84. The quantitative estimate of drug-likeness (QED) is 0.465. The maximum Gasteiger partial charge on any atom is -0.000698 e. The molecule has 0 aliphatic carbocycles. The number of hydrogen-bond donors (Lipinski definition) is 0. The van der Waals surface area contributed by atoms with Crippen molar-refractivity contribution in [2.45, 2.75) is 12.8 Å². The zero-order valence-electron chi connectivity index (χ0n) is 6.75. The molecule has 0 saturated heterocycles. The van der Waals surface area contributed by atoms with Gasteiger partial charge in [-0.15, -0.1) is 15.8 Å². The maximum atomic E-state index is 3.77. The van der Waals surface area contributed by atoms with Gasteiger partial charge in [0.1, 0.15) is 0 Å². The summed E-state index contributed by atoms with van der Waals surface area (Å²) in [5.41, 5.74) is 1.34. The molecular weight excluding hydrogens is 151 g/mol. The molecule has 0 fully saturated rings. The molecule has 0 amide bonds. The van der Waals surface area contributed by atoms with Crippen LogP contribution < -0.4 is 5.30 Å². The predicted octanol–water partition coefficient (Wildman–Crippen LogP) is 2.48. The van der Waals surface area contributed by atoms with Crippen molar-refractivity contribution in [2.75, 3.05) is 0 Å². The van der Waals surface area contributed by atoms with Gasteiger partial charge in [0, 0.05) is 0 Å². The molecule has 11 heavy (non-hydrogen) atoms. The van der Waals surface area contributed by atoms with Crippen LogP contribution in [0.25, 0.3) is 0 Å². The Morgan fingerprint density at radius 3 is 2.64 bits per heavy atom. The molecule has 2 unspecified atom stereocenters. The van der Waals surface area contributed by atoms with Gasteiger partial charge in [0.25, 0.3) is 0 Å². The second kappa shape index (κ2) is 3.69. The molecule has 0 saturated carbocycles. The van der Waals surface area contributed by atoms with Crippen LogP contribution in [0.15, 0.2) is 36.9 Å². The van der Waals surface area contributed by atoms with Crippen molar-refractivity contribution < 1.29 is 0 Å². The molecule has 1 aromatic rings. The lowest BCUT2D eigenvalue weighted by Crippen LogP contribution is -2.02. The van der Waals surface area contributed by atoms with Gasteiger partial charge in [-0.05, 0) is 16.8 Å². The summed E-state index contributed by atoms with van der Waals surface area (Å²) in [5, 5.41) is 1.26. The van der Waals surface area contributed by atoms with Crippen LogP contribution in [0.1, 0.15) is 18.4 Å². The van der Waals surface area contributed by atoms with Gasteiger partial charge >= 0.3 is 0 Å². The Hall–Kier alpha value is -0.610. The van der Waals surface area contributed by atoms with E-state index in [1.54, 1.807) is 0 Å². The largest absolute Gasteiger partial charge is 0.105 e. The molecule has 0 heterocycles. The minimum absolute atomic E-state index is 0.448. The highest BCUT2D eigenvalue weighted by molar-refractivity contribution is 7.27. The summed E-state index contributed by atoms with van der Waals surface area (Å²) >= 11 is 0. The molecule has 0 bridgehead atoms. The van der Waals surface area contributed by atoms with E-state index in [4.69, 9.17) is 0 Å². The van der Waals surface area contributed by atoms with Gasteiger partial charge in [0.05, 0.1) is 0 Å². The first-order valence-corrected chi connectivity index (χ1v) is 4.30. The fourth-order valence-electron chi connectivity index (χ4n) is 1.05. The summed E-state index contributed by atoms with van der Waals surface area (Å²) in [6.07, 6.45) is 1.96. The molecule has 0 aliphatic rings. The van der Waals surface area contributed by atoms with Gasteiger partial charge in [0.2, 0.25) is 0 Å². The van der Waals surface area contributed by atoms with Gasteiger partial charge in [-0.25, -0.2) is 0 Å². The van der Waals surface area contributed by atoms with Crippen LogP contribution in [-0.4, -0.2) is 0 Å². The first-order chi connectivity index (χ1) is 5.25. The first kappa shape index (κ1) is 8.49. The summed E-state index contributed by atoms with van der Waals surface area (Å²) in [5.74, 6) is 0.448. The molecule has 1 aromatic carbocycles. The molecule has 2 atom stereocenters. The highest BCUT2D eigenvalue weighted by atomic mass is 31.0. The molecule has 0 N–H and O–H groups in total. The molecule has 0 aliphatic heterocycles. The summed E-state index contributed by atoms with van der Waals surface area (Å²) in [7, 11) is 2.74. The van der Waals surface area contributed by atoms with E-state index in [0.717, 1.165) is 0 Å². The maximum absolute atomic E-state index is 3.77. The van der Waals surface area contributed by atoms with Crippen molar-refractivity contribution in [2.24, 2.45) is 0 Å². The molecular formula is C10H13P. The second-order valence-electron chi connectivity index (χ2n) is 2.65. The highest BCUT2D eigenvalue weighted by Crippen LogP contribution is 2.14. The zero-order valence-corrected chi connectivity index (χ0v) is 7.90. The van der Waals surface area contributed by atoms with E-state index in [9.17, 15) is 0 Å². The van der Waals surface area contributed by atoms with Crippen LogP contribution in [0.4, 0.5) is 0 Å².